The maximum absolute atomic E-state index is 13.0. The molecule has 0 amide bonds. The van der Waals surface area contributed by atoms with E-state index in [0.29, 0.717) is 5.92 Å². The van der Waals surface area contributed by atoms with Crippen molar-refractivity contribution in [3.63, 3.8) is 0 Å². The van der Waals surface area contributed by atoms with Crippen molar-refractivity contribution in [3.05, 3.63) is 11.8 Å². The van der Waals surface area contributed by atoms with Gasteiger partial charge in [0, 0.05) is 13.3 Å². The van der Waals surface area contributed by atoms with Crippen LogP contribution in [0.1, 0.15) is 33.1 Å². The van der Waals surface area contributed by atoms with Gasteiger partial charge in [-0.1, -0.05) is 16.2 Å². The fourth-order valence-corrected chi connectivity index (χ4v) is 1.55. The molecule has 0 bridgehead atoms. The highest BCUT2D eigenvalue weighted by molar-refractivity contribution is 7.18. The Morgan fingerprint density at radius 3 is 2.92 bits per heavy atom. The second-order valence-electron chi connectivity index (χ2n) is 3.65. The summed E-state index contributed by atoms with van der Waals surface area (Å²) in [6, 6.07) is 0. The van der Waals surface area contributed by atoms with Gasteiger partial charge in [-0.3, -0.25) is 0 Å². The molecule has 0 saturated carbocycles. The zero-order valence-electron chi connectivity index (χ0n) is 7.64. The zero-order valence-corrected chi connectivity index (χ0v) is 8.79. The summed E-state index contributed by atoms with van der Waals surface area (Å²) in [6.07, 6.45) is 5.06. The molecule has 0 spiro atoms. The van der Waals surface area contributed by atoms with Crippen LogP contribution < -0.4 is 0 Å². The van der Waals surface area contributed by atoms with E-state index in [1.807, 2.05) is 15.3 Å². The molecule has 0 aromatic rings. The molecule has 1 aliphatic carbocycles. The highest BCUT2D eigenvalue weighted by Gasteiger charge is 2.21. The van der Waals surface area contributed by atoms with Crippen molar-refractivity contribution in [2.24, 2.45) is 5.92 Å². The molecule has 1 rings (SSSR count). The van der Waals surface area contributed by atoms with Gasteiger partial charge in [0.2, 0.25) is 0 Å². The minimum atomic E-state index is -1.61. The first-order chi connectivity index (χ1) is 5.47. The minimum Gasteiger partial charge on any atom is -0.460 e. The third-order valence-electron chi connectivity index (χ3n) is 1.91. The first-order valence-electron chi connectivity index (χ1n) is 4.33. The monoisotopic (exact) mass is 190 g/mol. The molecule has 1 aliphatic rings. The molecule has 0 N–H and O–H groups in total. The number of allylic oxidation sites excluding steroid dienone is 2. The van der Waals surface area contributed by atoms with Gasteiger partial charge in [-0.15, -0.1) is 0 Å². The van der Waals surface area contributed by atoms with E-state index in [1.165, 1.54) is 13.3 Å². The molecule has 0 aliphatic heterocycles. The van der Waals surface area contributed by atoms with Crippen LogP contribution in [0.2, 0.25) is 0 Å². The molecule has 3 unspecified atom stereocenters. The van der Waals surface area contributed by atoms with Gasteiger partial charge in [-0.2, -0.15) is 4.39 Å². The third kappa shape index (κ3) is 3.53. The van der Waals surface area contributed by atoms with E-state index in [2.05, 4.69) is 6.92 Å². The molecule has 0 fully saturated rings. The molecular weight excluding hydrogens is 174 g/mol. The van der Waals surface area contributed by atoms with Gasteiger partial charge in [0.05, 0.1) is 5.76 Å². The number of alkyl halides is 1. The molecule has 0 radical (unpaired) electrons. The largest absolute Gasteiger partial charge is 0.460 e. The lowest BCUT2D eigenvalue weighted by Crippen LogP contribution is -2.15. The van der Waals surface area contributed by atoms with Crippen LogP contribution in [0.5, 0.6) is 0 Å². The lowest BCUT2D eigenvalue weighted by atomic mass is 9.95. The summed E-state index contributed by atoms with van der Waals surface area (Å²) in [5, 5.41) is 0. The standard InChI is InChI=1S/C9H16FOP/c1-7-4-3-5-8(6-7)11-9(2,10)12/h5,7H,3-4,6,12H2,1-2H3. The number of halogens is 1. The number of hydrogen-bond acceptors (Lipinski definition) is 1. The van der Waals surface area contributed by atoms with Crippen molar-refractivity contribution >= 4 is 9.24 Å². The zero-order chi connectivity index (χ0) is 9.19. The van der Waals surface area contributed by atoms with E-state index >= 15 is 0 Å². The summed E-state index contributed by atoms with van der Waals surface area (Å²) >= 11 is 0. The lowest BCUT2D eigenvalue weighted by molar-refractivity contribution is -0.0213. The Hall–Kier alpha value is -0.100. The van der Waals surface area contributed by atoms with Crippen molar-refractivity contribution in [2.45, 2.75) is 38.7 Å². The van der Waals surface area contributed by atoms with Crippen LogP contribution in [-0.4, -0.2) is 5.60 Å². The van der Waals surface area contributed by atoms with E-state index < -0.39 is 5.60 Å². The highest BCUT2D eigenvalue weighted by atomic mass is 31.0. The average molecular weight is 190 g/mol. The van der Waals surface area contributed by atoms with E-state index in [-0.39, 0.29) is 0 Å². The van der Waals surface area contributed by atoms with Gasteiger partial charge in [-0.05, 0) is 24.8 Å². The van der Waals surface area contributed by atoms with E-state index in [1.54, 1.807) is 0 Å². The Morgan fingerprint density at radius 1 is 1.75 bits per heavy atom. The van der Waals surface area contributed by atoms with Gasteiger partial charge in [-0.25, -0.2) is 0 Å². The van der Waals surface area contributed by atoms with Crippen molar-refractivity contribution < 1.29 is 9.13 Å². The fraction of sp³-hybridized carbons (Fsp3) is 0.778. The normalized spacial score (nSPS) is 29.0. The molecule has 3 heteroatoms. The predicted octanol–water partition coefficient (Wildman–Crippen LogP) is 3.23. The third-order valence-corrected chi connectivity index (χ3v) is 2.03. The summed E-state index contributed by atoms with van der Waals surface area (Å²) in [5.41, 5.74) is -1.61. The summed E-state index contributed by atoms with van der Waals surface area (Å²) in [4.78, 5) is 0. The highest BCUT2D eigenvalue weighted by Crippen LogP contribution is 2.31. The van der Waals surface area contributed by atoms with Gasteiger partial charge < -0.3 is 4.74 Å². The van der Waals surface area contributed by atoms with Gasteiger partial charge in [0.15, 0.2) is 0 Å². The second kappa shape index (κ2) is 3.74. The molecule has 0 aromatic carbocycles. The van der Waals surface area contributed by atoms with Gasteiger partial charge >= 0.3 is 0 Å². The lowest BCUT2D eigenvalue weighted by Gasteiger charge is -2.24. The SMILES string of the molecule is CC1CCC=C(OC(C)(F)P)C1. The quantitative estimate of drug-likeness (QED) is 0.607. The fourth-order valence-electron chi connectivity index (χ4n) is 1.40. The van der Waals surface area contributed by atoms with Crippen molar-refractivity contribution in [3.8, 4) is 0 Å². The average Bonchev–Trinajstić information content (AvgIpc) is 1.82. The number of ether oxygens (including phenoxy) is 1. The minimum absolute atomic E-state index is 0.623. The molecule has 0 saturated heterocycles. The van der Waals surface area contributed by atoms with Crippen LogP contribution in [0.3, 0.4) is 0 Å². The van der Waals surface area contributed by atoms with E-state index in [9.17, 15) is 4.39 Å². The van der Waals surface area contributed by atoms with Crippen molar-refractivity contribution in [2.75, 3.05) is 0 Å². The van der Waals surface area contributed by atoms with Crippen LogP contribution in [-0.2, 0) is 4.74 Å². The van der Waals surface area contributed by atoms with Crippen LogP contribution >= 0.6 is 9.24 Å². The molecular formula is C9H16FOP. The molecule has 70 valence electrons. The first kappa shape index (κ1) is 9.98. The molecule has 12 heavy (non-hydrogen) atoms. The summed E-state index contributed by atoms with van der Waals surface area (Å²) < 4.78 is 18.1. The Balaban J connectivity index is 2.47. The number of hydrogen-bond donors (Lipinski definition) is 0. The summed E-state index contributed by atoms with van der Waals surface area (Å²) in [5.74, 6) is 1.42. The van der Waals surface area contributed by atoms with E-state index in [0.717, 1.165) is 18.6 Å². The van der Waals surface area contributed by atoms with Crippen LogP contribution in [0, 0.1) is 5.92 Å². The summed E-state index contributed by atoms with van der Waals surface area (Å²) in [7, 11) is 2.05. The maximum atomic E-state index is 13.0. The van der Waals surface area contributed by atoms with Crippen molar-refractivity contribution in [1.29, 1.82) is 0 Å². The van der Waals surface area contributed by atoms with Gasteiger partial charge in [0.1, 0.15) is 0 Å². The molecule has 3 atom stereocenters. The topological polar surface area (TPSA) is 9.23 Å². The van der Waals surface area contributed by atoms with Crippen LogP contribution in [0.25, 0.3) is 0 Å². The summed E-state index contributed by atoms with van der Waals surface area (Å²) in [6.45, 7) is 3.56. The predicted molar refractivity (Wildman–Crippen MR) is 51.4 cm³/mol. The Labute approximate surface area is 75.6 Å². The second-order valence-corrected chi connectivity index (χ2v) is 4.68. The van der Waals surface area contributed by atoms with Crippen LogP contribution in [0.4, 0.5) is 4.39 Å². The maximum Gasteiger partial charge on any atom is 0.256 e. The molecule has 0 aromatic heterocycles. The Morgan fingerprint density at radius 2 is 2.42 bits per heavy atom. The smallest absolute Gasteiger partial charge is 0.256 e. The van der Waals surface area contributed by atoms with E-state index in [4.69, 9.17) is 4.74 Å². The van der Waals surface area contributed by atoms with Crippen molar-refractivity contribution in [1.82, 2.24) is 0 Å². The Kier molecular flexibility index (Phi) is 3.11. The Bertz CT molecular complexity index is 183. The first-order valence-corrected chi connectivity index (χ1v) is 4.91. The van der Waals surface area contributed by atoms with Gasteiger partial charge in [0.25, 0.3) is 5.60 Å². The molecule has 0 heterocycles. The molecule has 1 nitrogen and oxygen atoms in total. The van der Waals surface area contributed by atoms with Crippen LogP contribution in [0.15, 0.2) is 11.8 Å². The number of rotatable bonds is 2.